The first-order valence-electron chi connectivity index (χ1n) is 12.0. The molecule has 4 aromatic rings. The van der Waals surface area contributed by atoms with Gasteiger partial charge in [-0.25, -0.2) is 4.39 Å². The number of nitrogens with zero attached hydrogens (tertiary/aromatic N) is 2. The van der Waals surface area contributed by atoms with Crippen molar-refractivity contribution >= 4 is 17.6 Å². The number of nitrogens with one attached hydrogen (secondary N) is 3. The van der Waals surface area contributed by atoms with Crippen molar-refractivity contribution in [2.75, 3.05) is 18.8 Å². The Kier molecular flexibility index (Phi) is 8.32. The molecule has 38 heavy (non-hydrogen) atoms. The van der Waals surface area contributed by atoms with Crippen LogP contribution < -0.4 is 20.5 Å². The Morgan fingerprint density at radius 2 is 1.68 bits per heavy atom. The molecule has 0 atom stereocenters. The number of aromatic amines is 2. The number of H-pyrrole nitrogens is 2. The summed E-state index contributed by atoms with van der Waals surface area (Å²) in [5.41, 5.74) is 3.79. The minimum Gasteiger partial charge on any atom is -0.463 e. The number of aromatic nitrogens is 3. The number of alkyl halides is 1. The van der Waals surface area contributed by atoms with Crippen LogP contribution >= 0.6 is 0 Å². The van der Waals surface area contributed by atoms with Crippen LogP contribution in [0.4, 0.5) is 10.2 Å². The van der Waals surface area contributed by atoms with E-state index in [-0.39, 0.29) is 23.7 Å². The van der Waals surface area contributed by atoms with Crippen LogP contribution in [0.3, 0.4) is 0 Å². The quantitative estimate of drug-likeness (QED) is 0.297. The molecular weight excluding hydrogens is 489 g/mol. The fraction of sp³-hybridized carbons (Fsp3) is 0.214. The molecule has 0 bridgehead atoms. The second-order valence-electron chi connectivity index (χ2n) is 8.72. The summed E-state index contributed by atoms with van der Waals surface area (Å²) in [6.45, 7) is 0.551. The molecule has 10 heteroatoms. The second-order valence-corrected chi connectivity index (χ2v) is 8.72. The minimum atomic E-state index is -0.975. The fourth-order valence-corrected chi connectivity index (χ4v) is 4.05. The van der Waals surface area contributed by atoms with Crippen LogP contribution in [0.15, 0.2) is 71.7 Å². The van der Waals surface area contributed by atoms with Crippen molar-refractivity contribution in [3.05, 3.63) is 111 Å². The van der Waals surface area contributed by atoms with E-state index in [4.69, 9.17) is 4.74 Å². The van der Waals surface area contributed by atoms with Gasteiger partial charge < -0.3 is 15.0 Å². The number of carbonyl (C=O) groups excluding carboxylic acids is 2. The number of ether oxygens (including phenoxy) is 1. The molecule has 2 heterocycles. The maximum Gasteiger partial charge on any atom is 0.269 e. The van der Waals surface area contributed by atoms with Crippen molar-refractivity contribution in [1.82, 2.24) is 20.5 Å². The maximum absolute atomic E-state index is 13.2. The summed E-state index contributed by atoms with van der Waals surface area (Å²) in [6, 6.07) is 18.1. The summed E-state index contributed by atoms with van der Waals surface area (Å²) in [5, 5.41) is 9.83. The van der Waals surface area contributed by atoms with Gasteiger partial charge in [0.05, 0.1) is 0 Å². The third kappa shape index (κ3) is 6.15. The van der Waals surface area contributed by atoms with Gasteiger partial charge in [-0.2, -0.15) is 5.10 Å². The zero-order valence-corrected chi connectivity index (χ0v) is 21.1. The molecule has 4 rings (SSSR count). The number of benzene rings is 2. The number of pyridine rings is 1. The average molecular weight is 518 g/mol. The molecular formula is C28H28FN5O4. The molecule has 0 aliphatic carbocycles. The van der Waals surface area contributed by atoms with Crippen LogP contribution in [0.25, 0.3) is 0 Å². The molecule has 2 aromatic heterocycles. The SMILES string of the molecule is CC(=O)N(C)c1n[nH]c(C(=O)NCc2ccccc2OCF)c1Cc1ccc(Cc2ccc[nH]c2=O)cc1. The van der Waals surface area contributed by atoms with Gasteiger partial charge in [-0.15, -0.1) is 0 Å². The Hall–Kier alpha value is -4.73. The topological polar surface area (TPSA) is 120 Å². The maximum atomic E-state index is 13.2. The molecule has 0 unspecified atom stereocenters. The lowest BCUT2D eigenvalue weighted by Crippen LogP contribution is -2.26. The number of halogens is 1. The number of para-hydroxylation sites is 1. The van der Waals surface area contributed by atoms with Gasteiger partial charge in [-0.05, 0) is 23.3 Å². The van der Waals surface area contributed by atoms with Crippen LogP contribution in [-0.4, -0.2) is 40.9 Å². The van der Waals surface area contributed by atoms with E-state index in [0.717, 1.165) is 11.1 Å². The van der Waals surface area contributed by atoms with E-state index >= 15 is 0 Å². The third-order valence-corrected chi connectivity index (χ3v) is 6.18. The van der Waals surface area contributed by atoms with Crippen LogP contribution in [0.1, 0.15) is 45.2 Å². The highest BCUT2D eigenvalue weighted by molar-refractivity contribution is 5.97. The van der Waals surface area contributed by atoms with Gasteiger partial charge in [0.1, 0.15) is 11.4 Å². The predicted octanol–water partition coefficient (Wildman–Crippen LogP) is 3.50. The third-order valence-electron chi connectivity index (χ3n) is 6.18. The van der Waals surface area contributed by atoms with Crippen LogP contribution in [0.2, 0.25) is 0 Å². The summed E-state index contributed by atoms with van der Waals surface area (Å²) in [5.74, 6) is 0.0366. The van der Waals surface area contributed by atoms with Gasteiger partial charge in [-0.3, -0.25) is 24.4 Å². The molecule has 2 aromatic carbocycles. The number of hydrogen-bond acceptors (Lipinski definition) is 5. The number of anilines is 1. The molecule has 2 amide bonds. The van der Waals surface area contributed by atoms with Gasteiger partial charge in [-0.1, -0.05) is 48.5 Å². The highest BCUT2D eigenvalue weighted by atomic mass is 19.1. The Bertz CT molecular complexity index is 1480. The zero-order chi connectivity index (χ0) is 27.1. The standard InChI is InChI=1S/C28H28FN5O4/c1-18(35)34(2)26-23(15-20-11-9-19(10-12-20)14-21-7-5-13-30-27(21)36)25(32-33-26)28(37)31-16-22-6-3-4-8-24(22)38-17-29/h3-13H,14-17H2,1-2H3,(H,30,36)(H,31,37)(H,32,33). The van der Waals surface area contributed by atoms with E-state index in [1.165, 1.54) is 11.8 Å². The van der Waals surface area contributed by atoms with Gasteiger partial charge >= 0.3 is 0 Å². The number of carbonyl (C=O) groups is 2. The van der Waals surface area contributed by atoms with Gasteiger partial charge in [0.25, 0.3) is 11.5 Å². The largest absolute Gasteiger partial charge is 0.463 e. The van der Waals surface area contributed by atoms with Crippen molar-refractivity contribution in [1.29, 1.82) is 0 Å². The molecule has 0 aliphatic rings. The Morgan fingerprint density at radius 1 is 1.00 bits per heavy atom. The molecule has 3 N–H and O–H groups in total. The van der Waals surface area contributed by atoms with Crippen molar-refractivity contribution < 1.29 is 18.7 Å². The van der Waals surface area contributed by atoms with Gasteiger partial charge in [0.15, 0.2) is 5.82 Å². The molecule has 9 nitrogen and oxygen atoms in total. The van der Waals surface area contributed by atoms with E-state index in [1.807, 2.05) is 24.3 Å². The monoisotopic (exact) mass is 517 g/mol. The highest BCUT2D eigenvalue weighted by Crippen LogP contribution is 2.25. The lowest BCUT2D eigenvalue weighted by Gasteiger charge is -2.15. The average Bonchev–Trinajstić information content (AvgIpc) is 3.33. The van der Waals surface area contributed by atoms with E-state index in [9.17, 15) is 18.8 Å². The summed E-state index contributed by atoms with van der Waals surface area (Å²) in [4.78, 5) is 41.3. The molecule has 0 aliphatic heterocycles. The lowest BCUT2D eigenvalue weighted by molar-refractivity contribution is -0.116. The molecule has 0 spiro atoms. The van der Waals surface area contributed by atoms with E-state index in [2.05, 4.69) is 20.5 Å². The summed E-state index contributed by atoms with van der Waals surface area (Å²) < 4.78 is 17.7. The first-order valence-corrected chi connectivity index (χ1v) is 12.0. The summed E-state index contributed by atoms with van der Waals surface area (Å²) in [7, 11) is 1.59. The van der Waals surface area contributed by atoms with Crippen LogP contribution in [0, 0.1) is 0 Å². The smallest absolute Gasteiger partial charge is 0.269 e. The van der Waals surface area contributed by atoms with Crippen molar-refractivity contribution in [3.63, 3.8) is 0 Å². The Morgan fingerprint density at radius 3 is 2.37 bits per heavy atom. The molecule has 0 saturated heterocycles. The van der Waals surface area contributed by atoms with E-state index in [1.54, 1.807) is 49.6 Å². The van der Waals surface area contributed by atoms with E-state index in [0.29, 0.717) is 41.1 Å². The second kappa shape index (κ2) is 12.0. The van der Waals surface area contributed by atoms with Gasteiger partial charge in [0, 0.05) is 56.2 Å². The summed E-state index contributed by atoms with van der Waals surface area (Å²) >= 11 is 0. The highest BCUT2D eigenvalue weighted by Gasteiger charge is 2.23. The van der Waals surface area contributed by atoms with Crippen LogP contribution in [-0.2, 0) is 24.2 Å². The molecule has 0 saturated carbocycles. The number of amides is 2. The lowest BCUT2D eigenvalue weighted by atomic mass is 10.00. The first kappa shape index (κ1) is 26.3. The predicted molar refractivity (Wildman–Crippen MR) is 141 cm³/mol. The van der Waals surface area contributed by atoms with Crippen molar-refractivity contribution in [2.24, 2.45) is 0 Å². The number of hydrogen-bond donors (Lipinski definition) is 3. The normalized spacial score (nSPS) is 10.7. The van der Waals surface area contributed by atoms with E-state index < -0.39 is 12.8 Å². The zero-order valence-electron chi connectivity index (χ0n) is 21.1. The Labute approximate surface area is 218 Å². The fourth-order valence-electron chi connectivity index (χ4n) is 4.05. The molecule has 196 valence electrons. The molecule has 0 fully saturated rings. The van der Waals surface area contributed by atoms with Crippen LogP contribution in [0.5, 0.6) is 5.75 Å². The number of rotatable bonds is 10. The van der Waals surface area contributed by atoms with Crippen molar-refractivity contribution in [3.8, 4) is 5.75 Å². The first-order chi connectivity index (χ1) is 18.4. The van der Waals surface area contributed by atoms with Crippen molar-refractivity contribution in [2.45, 2.75) is 26.3 Å². The van der Waals surface area contributed by atoms with Gasteiger partial charge in [0.2, 0.25) is 12.8 Å². The summed E-state index contributed by atoms with van der Waals surface area (Å²) in [6.07, 6.45) is 2.42. The molecule has 0 radical (unpaired) electrons. The Balaban J connectivity index is 1.55. The minimum absolute atomic E-state index is 0.110.